The highest BCUT2D eigenvalue weighted by Crippen LogP contribution is 2.32. The Morgan fingerprint density at radius 3 is 2.74 bits per heavy atom. The SMILES string of the molecule is O=C1S/C(=C\c2ccccc2)C(=O)N1CCC(=O)N1CCCCC1CCO. The van der Waals surface area contributed by atoms with Crippen LogP contribution in [-0.2, 0) is 9.59 Å². The molecule has 6 nitrogen and oxygen atoms in total. The molecule has 3 rings (SSSR count). The molecule has 2 heterocycles. The molecular formula is C20H24N2O4S. The lowest BCUT2D eigenvalue weighted by Gasteiger charge is -2.36. The summed E-state index contributed by atoms with van der Waals surface area (Å²) in [6, 6.07) is 9.43. The van der Waals surface area contributed by atoms with Crippen LogP contribution in [0.5, 0.6) is 0 Å². The number of amides is 3. The van der Waals surface area contributed by atoms with Crippen molar-refractivity contribution in [1.29, 1.82) is 0 Å². The maximum absolute atomic E-state index is 12.6. The summed E-state index contributed by atoms with van der Waals surface area (Å²) >= 11 is 0.913. The molecule has 1 aromatic rings. The molecule has 2 saturated heterocycles. The van der Waals surface area contributed by atoms with Crippen molar-refractivity contribution in [2.24, 2.45) is 0 Å². The number of thioether (sulfide) groups is 1. The van der Waals surface area contributed by atoms with Gasteiger partial charge in [-0.2, -0.15) is 0 Å². The van der Waals surface area contributed by atoms with Crippen LogP contribution in [0.1, 0.15) is 37.7 Å². The first-order valence-corrected chi connectivity index (χ1v) is 10.1. The maximum atomic E-state index is 12.6. The number of aliphatic hydroxyl groups excluding tert-OH is 1. The molecule has 2 aliphatic rings. The molecule has 0 saturated carbocycles. The molecule has 2 aliphatic heterocycles. The average molecular weight is 388 g/mol. The first-order chi connectivity index (χ1) is 13.1. The van der Waals surface area contributed by atoms with E-state index in [1.54, 1.807) is 11.0 Å². The Kier molecular flexibility index (Phi) is 6.68. The molecule has 0 radical (unpaired) electrons. The summed E-state index contributed by atoms with van der Waals surface area (Å²) in [5.74, 6) is -0.397. The van der Waals surface area contributed by atoms with E-state index in [4.69, 9.17) is 0 Å². The zero-order valence-corrected chi connectivity index (χ0v) is 16.0. The highest BCUT2D eigenvalue weighted by Gasteiger charge is 2.36. The number of carbonyl (C=O) groups is 3. The molecule has 0 aliphatic carbocycles. The molecule has 3 amide bonds. The maximum Gasteiger partial charge on any atom is 0.293 e. The van der Waals surface area contributed by atoms with E-state index < -0.39 is 0 Å². The van der Waals surface area contributed by atoms with Crippen LogP contribution >= 0.6 is 11.8 Å². The molecule has 1 unspecified atom stereocenters. The second-order valence-corrected chi connectivity index (χ2v) is 7.74. The fraction of sp³-hybridized carbons (Fsp3) is 0.450. The second-order valence-electron chi connectivity index (χ2n) is 6.74. The van der Waals surface area contributed by atoms with Gasteiger partial charge in [-0.1, -0.05) is 30.3 Å². The third-order valence-corrected chi connectivity index (χ3v) is 5.84. The van der Waals surface area contributed by atoms with Crippen molar-refractivity contribution in [2.75, 3.05) is 19.7 Å². The van der Waals surface area contributed by atoms with E-state index >= 15 is 0 Å². The average Bonchev–Trinajstić information content (AvgIpc) is 2.94. The monoisotopic (exact) mass is 388 g/mol. The van der Waals surface area contributed by atoms with Gasteiger partial charge >= 0.3 is 0 Å². The van der Waals surface area contributed by atoms with Gasteiger partial charge in [0, 0.05) is 32.2 Å². The van der Waals surface area contributed by atoms with Crippen molar-refractivity contribution >= 4 is 34.9 Å². The summed E-state index contributed by atoms with van der Waals surface area (Å²) < 4.78 is 0. The van der Waals surface area contributed by atoms with Crippen LogP contribution in [0.3, 0.4) is 0 Å². The van der Waals surface area contributed by atoms with Gasteiger partial charge in [0.15, 0.2) is 0 Å². The number of benzene rings is 1. The normalized spacial score (nSPS) is 22.0. The molecule has 144 valence electrons. The molecular weight excluding hydrogens is 364 g/mol. The van der Waals surface area contributed by atoms with Crippen molar-refractivity contribution < 1.29 is 19.5 Å². The number of hydrogen-bond acceptors (Lipinski definition) is 5. The molecule has 0 bridgehead atoms. The van der Waals surface area contributed by atoms with Gasteiger partial charge in [-0.25, -0.2) is 0 Å². The summed E-state index contributed by atoms with van der Waals surface area (Å²) in [7, 11) is 0. The quantitative estimate of drug-likeness (QED) is 0.758. The highest BCUT2D eigenvalue weighted by atomic mass is 32.2. The van der Waals surface area contributed by atoms with Gasteiger partial charge in [-0.3, -0.25) is 19.3 Å². The number of carbonyl (C=O) groups excluding carboxylic acids is 3. The number of aliphatic hydroxyl groups is 1. The Hall–Kier alpha value is -2.12. The minimum Gasteiger partial charge on any atom is -0.396 e. The van der Waals surface area contributed by atoms with Crippen LogP contribution in [0.15, 0.2) is 35.2 Å². The highest BCUT2D eigenvalue weighted by molar-refractivity contribution is 8.18. The number of imide groups is 1. The van der Waals surface area contributed by atoms with Crippen LogP contribution in [0.2, 0.25) is 0 Å². The molecule has 7 heteroatoms. The molecule has 1 atom stereocenters. The molecule has 0 aromatic heterocycles. The fourth-order valence-corrected chi connectivity index (χ4v) is 4.39. The van der Waals surface area contributed by atoms with Gasteiger partial charge in [0.25, 0.3) is 11.1 Å². The van der Waals surface area contributed by atoms with Crippen molar-refractivity contribution in [2.45, 2.75) is 38.1 Å². The molecule has 0 spiro atoms. The van der Waals surface area contributed by atoms with Gasteiger partial charge in [0.05, 0.1) is 4.91 Å². The van der Waals surface area contributed by atoms with Gasteiger partial charge in [0.2, 0.25) is 5.91 Å². The smallest absolute Gasteiger partial charge is 0.293 e. The van der Waals surface area contributed by atoms with Crippen LogP contribution in [0.4, 0.5) is 4.79 Å². The van der Waals surface area contributed by atoms with E-state index in [-0.39, 0.29) is 42.7 Å². The van der Waals surface area contributed by atoms with Crippen LogP contribution in [0, 0.1) is 0 Å². The van der Waals surface area contributed by atoms with Gasteiger partial charge in [-0.05, 0) is 49.1 Å². The van der Waals surface area contributed by atoms with Gasteiger partial charge in [0.1, 0.15) is 0 Å². The Morgan fingerprint density at radius 1 is 1.22 bits per heavy atom. The summed E-state index contributed by atoms with van der Waals surface area (Å²) in [6.45, 7) is 0.832. The van der Waals surface area contributed by atoms with E-state index in [2.05, 4.69) is 0 Å². The number of hydrogen-bond donors (Lipinski definition) is 1. The zero-order chi connectivity index (χ0) is 19.2. The summed E-state index contributed by atoms with van der Waals surface area (Å²) in [5.41, 5.74) is 0.860. The lowest BCUT2D eigenvalue weighted by molar-refractivity contribution is -0.135. The van der Waals surface area contributed by atoms with E-state index in [0.29, 0.717) is 17.9 Å². The summed E-state index contributed by atoms with van der Waals surface area (Å²) in [4.78, 5) is 40.7. The Balaban J connectivity index is 1.60. The van der Waals surface area contributed by atoms with Crippen molar-refractivity contribution in [3.63, 3.8) is 0 Å². The first kappa shape index (κ1) is 19.6. The molecule has 27 heavy (non-hydrogen) atoms. The predicted octanol–water partition coefficient (Wildman–Crippen LogP) is 2.88. The van der Waals surface area contributed by atoms with E-state index in [1.165, 1.54) is 0 Å². The van der Waals surface area contributed by atoms with E-state index in [9.17, 15) is 19.5 Å². The third-order valence-electron chi connectivity index (χ3n) is 4.93. The number of likely N-dealkylation sites (tertiary alicyclic amines) is 1. The summed E-state index contributed by atoms with van der Waals surface area (Å²) in [5, 5.41) is 8.86. The predicted molar refractivity (Wildman–Crippen MR) is 105 cm³/mol. The van der Waals surface area contributed by atoms with Crippen LogP contribution < -0.4 is 0 Å². The number of nitrogens with zero attached hydrogens (tertiary/aromatic N) is 2. The van der Waals surface area contributed by atoms with Gasteiger partial charge in [-0.15, -0.1) is 0 Å². The molecule has 1 aromatic carbocycles. The fourth-order valence-electron chi connectivity index (χ4n) is 3.52. The first-order valence-electron chi connectivity index (χ1n) is 9.31. The topological polar surface area (TPSA) is 77.9 Å². The van der Waals surface area contributed by atoms with E-state index in [0.717, 1.165) is 41.5 Å². The second kappa shape index (κ2) is 9.19. The Bertz CT molecular complexity index is 733. The molecule has 1 N–H and O–H groups in total. The van der Waals surface area contributed by atoms with Gasteiger partial charge < -0.3 is 10.0 Å². The number of piperidine rings is 1. The number of rotatable bonds is 6. The molecule has 2 fully saturated rings. The minimum atomic E-state index is -0.341. The Morgan fingerprint density at radius 2 is 2.00 bits per heavy atom. The largest absolute Gasteiger partial charge is 0.396 e. The van der Waals surface area contributed by atoms with Crippen molar-refractivity contribution in [1.82, 2.24) is 9.80 Å². The zero-order valence-electron chi connectivity index (χ0n) is 15.2. The van der Waals surface area contributed by atoms with Crippen molar-refractivity contribution in [3.05, 3.63) is 40.8 Å². The Labute approximate surface area is 163 Å². The van der Waals surface area contributed by atoms with E-state index in [1.807, 2.05) is 30.3 Å². The lowest BCUT2D eigenvalue weighted by Crippen LogP contribution is -2.45. The standard InChI is InChI=1S/C20H24N2O4S/c23-13-10-16-8-4-5-11-21(16)18(24)9-12-22-19(25)17(27-20(22)26)14-15-6-2-1-3-7-15/h1-3,6-7,14,16,23H,4-5,8-13H2/b17-14-. The third kappa shape index (κ3) is 4.78. The summed E-state index contributed by atoms with van der Waals surface area (Å²) in [6.07, 6.45) is 5.31. The van der Waals surface area contributed by atoms with Crippen molar-refractivity contribution in [3.8, 4) is 0 Å². The minimum absolute atomic E-state index is 0.0563. The lowest BCUT2D eigenvalue weighted by atomic mass is 9.99. The van der Waals surface area contributed by atoms with Crippen LogP contribution in [0.25, 0.3) is 6.08 Å². The van der Waals surface area contributed by atoms with Crippen LogP contribution in [-0.4, -0.2) is 57.7 Å².